The summed E-state index contributed by atoms with van der Waals surface area (Å²) in [6.07, 6.45) is -12.9. The second-order valence-electron chi connectivity index (χ2n) is 2.10. The highest BCUT2D eigenvalue weighted by Crippen LogP contribution is 2.42. The molecule has 0 N–H and O–H groups in total. The van der Waals surface area contributed by atoms with E-state index in [1.165, 1.54) is 0 Å². The Morgan fingerprint density at radius 1 is 0.857 bits per heavy atom. The average molecular weight is 248 g/mol. The maximum atomic E-state index is 11.9. The van der Waals surface area contributed by atoms with Gasteiger partial charge in [0.15, 0.2) is 0 Å². The molecular formula is C5HClF8. The molecule has 0 radical (unpaired) electrons. The molecule has 0 amide bonds. The molecule has 0 spiro atoms. The fourth-order valence-corrected chi connectivity index (χ4v) is 0.650. The molecule has 9 heteroatoms. The maximum absolute atomic E-state index is 11.9. The standard InChI is InChI=1S/C5HClF8/c6-4(10,11)2(5(12,13)14)1-3(7,8)9/h1H. The molecule has 0 bridgehead atoms. The van der Waals surface area contributed by atoms with E-state index < -0.39 is 29.4 Å². The Kier molecular flexibility index (Phi) is 3.42. The fraction of sp³-hybridized carbons (Fsp3) is 0.600. The van der Waals surface area contributed by atoms with Crippen molar-refractivity contribution < 1.29 is 35.1 Å². The quantitative estimate of drug-likeness (QED) is 0.375. The summed E-state index contributed by atoms with van der Waals surface area (Å²) in [5.41, 5.74) is -3.14. The van der Waals surface area contributed by atoms with Gasteiger partial charge in [-0.2, -0.15) is 35.1 Å². The van der Waals surface area contributed by atoms with Crippen molar-refractivity contribution in [3.63, 3.8) is 0 Å². The van der Waals surface area contributed by atoms with Gasteiger partial charge in [0.1, 0.15) is 5.57 Å². The van der Waals surface area contributed by atoms with Crippen LogP contribution < -0.4 is 0 Å². The largest absolute Gasteiger partial charge is 0.419 e. The predicted molar refractivity (Wildman–Crippen MR) is 31.0 cm³/mol. The highest BCUT2D eigenvalue weighted by molar-refractivity contribution is 6.23. The Balaban J connectivity index is 5.26. The van der Waals surface area contributed by atoms with Crippen molar-refractivity contribution in [3.05, 3.63) is 11.6 Å². The van der Waals surface area contributed by atoms with Gasteiger partial charge in [-0.25, -0.2) is 0 Å². The smallest absolute Gasteiger partial charge is 0.183 e. The van der Waals surface area contributed by atoms with Crippen LogP contribution in [0.1, 0.15) is 0 Å². The van der Waals surface area contributed by atoms with Gasteiger partial charge in [0.05, 0.1) is 0 Å². The Morgan fingerprint density at radius 2 is 1.21 bits per heavy atom. The highest BCUT2D eigenvalue weighted by atomic mass is 35.5. The minimum absolute atomic E-state index is 1.57. The lowest BCUT2D eigenvalue weighted by molar-refractivity contribution is -0.126. The molecule has 0 aliphatic carbocycles. The molecular weight excluding hydrogens is 247 g/mol. The van der Waals surface area contributed by atoms with Crippen LogP contribution in [0.15, 0.2) is 11.6 Å². The summed E-state index contributed by atoms with van der Waals surface area (Å²) in [7, 11) is 0. The number of halogens is 9. The normalized spacial score (nSPS) is 15.9. The van der Waals surface area contributed by atoms with Crippen LogP contribution in [-0.4, -0.2) is 17.7 Å². The summed E-state index contributed by atoms with van der Waals surface area (Å²) in [4.78, 5) is 0. The van der Waals surface area contributed by atoms with E-state index in [2.05, 4.69) is 11.6 Å². The molecule has 0 aliphatic rings. The minimum atomic E-state index is -5.83. The summed E-state index contributed by atoms with van der Waals surface area (Å²) in [5, 5.41) is -5.10. The molecule has 0 fully saturated rings. The van der Waals surface area contributed by atoms with E-state index in [1.54, 1.807) is 0 Å². The van der Waals surface area contributed by atoms with Crippen molar-refractivity contribution in [1.29, 1.82) is 0 Å². The molecule has 84 valence electrons. The molecule has 0 unspecified atom stereocenters. The third-order valence-corrected chi connectivity index (χ3v) is 1.12. The highest BCUT2D eigenvalue weighted by Gasteiger charge is 2.51. The summed E-state index contributed by atoms with van der Waals surface area (Å²) >= 11 is 3.87. The van der Waals surface area contributed by atoms with Crippen LogP contribution in [0.5, 0.6) is 0 Å². The molecule has 0 aliphatic heterocycles. The van der Waals surface area contributed by atoms with Crippen LogP contribution >= 0.6 is 11.6 Å². The number of alkyl halides is 9. The lowest BCUT2D eigenvalue weighted by atomic mass is 10.2. The molecule has 14 heavy (non-hydrogen) atoms. The molecule has 0 aromatic heterocycles. The van der Waals surface area contributed by atoms with E-state index in [1.807, 2.05) is 0 Å². The van der Waals surface area contributed by atoms with Gasteiger partial charge in [0, 0.05) is 6.08 Å². The van der Waals surface area contributed by atoms with Crippen LogP contribution in [0.3, 0.4) is 0 Å². The number of hydrogen-bond acceptors (Lipinski definition) is 0. The lowest BCUT2D eigenvalue weighted by Gasteiger charge is -2.16. The average Bonchev–Trinajstić information content (AvgIpc) is 1.75. The van der Waals surface area contributed by atoms with Crippen molar-refractivity contribution in [2.75, 3.05) is 0 Å². The van der Waals surface area contributed by atoms with Crippen LogP contribution in [0.2, 0.25) is 0 Å². The zero-order valence-corrected chi connectivity index (χ0v) is 6.73. The van der Waals surface area contributed by atoms with Crippen LogP contribution in [0.4, 0.5) is 35.1 Å². The Hall–Kier alpha value is -0.530. The molecule has 0 saturated carbocycles. The van der Waals surface area contributed by atoms with Gasteiger partial charge in [-0.1, -0.05) is 0 Å². The first-order chi connectivity index (χ1) is 5.84. The Labute approximate surface area is 77.1 Å². The number of hydrogen-bond donors (Lipinski definition) is 0. The van der Waals surface area contributed by atoms with E-state index in [4.69, 9.17) is 0 Å². The lowest BCUT2D eigenvalue weighted by Crippen LogP contribution is -2.27. The van der Waals surface area contributed by atoms with Crippen molar-refractivity contribution >= 4 is 11.6 Å². The van der Waals surface area contributed by atoms with Crippen LogP contribution in [-0.2, 0) is 0 Å². The van der Waals surface area contributed by atoms with E-state index in [9.17, 15) is 35.1 Å². The molecule has 0 nitrogen and oxygen atoms in total. The van der Waals surface area contributed by atoms with Gasteiger partial charge in [-0.05, 0) is 11.6 Å². The molecule has 0 rings (SSSR count). The molecule has 0 saturated heterocycles. The Bertz CT molecular complexity index is 212. The van der Waals surface area contributed by atoms with E-state index in [0.717, 1.165) is 0 Å². The van der Waals surface area contributed by atoms with Crippen molar-refractivity contribution in [2.24, 2.45) is 0 Å². The van der Waals surface area contributed by atoms with Crippen LogP contribution in [0.25, 0.3) is 0 Å². The third-order valence-electron chi connectivity index (χ3n) is 0.919. The minimum Gasteiger partial charge on any atom is -0.183 e. The van der Waals surface area contributed by atoms with Crippen molar-refractivity contribution in [2.45, 2.75) is 17.7 Å². The zero-order valence-electron chi connectivity index (χ0n) is 5.98. The predicted octanol–water partition coefficient (Wildman–Crippen LogP) is 3.87. The van der Waals surface area contributed by atoms with Gasteiger partial charge in [-0.3, -0.25) is 0 Å². The summed E-state index contributed by atoms with van der Waals surface area (Å²) in [5.74, 6) is 0. The molecule has 0 aromatic rings. The van der Waals surface area contributed by atoms with Crippen molar-refractivity contribution in [3.8, 4) is 0 Å². The summed E-state index contributed by atoms with van der Waals surface area (Å²) < 4.78 is 92.8. The Morgan fingerprint density at radius 3 is 1.29 bits per heavy atom. The summed E-state index contributed by atoms with van der Waals surface area (Å²) in [6.45, 7) is 0. The van der Waals surface area contributed by atoms with E-state index in [0.29, 0.717) is 0 Å². The van der Waals surface area contributed by atoms with Gasteiger partial charge in [0.2, 0.25) is 0 Å². The second-order valence-corrected chi connectivity index (χ2v) is 2.57. The van der Waals surface area contributed by atoms with E-state index in [-0.39, 0.29) is 0 Å². The van der Waals surface area contributed by atoms with Gasteiger partial charge in [-0.15, -0.1) is 0 Å². The second kappa shape index (κ2) is 3.56. The van der Waals surface area contributed by atoms with E-state index >= 15 is 0 Å². The van der Waals surface area contributed by atoms with Crippen LogP contribution in [0, 0.1) is 0 Å². The SMILES string of the molecule is FC(F)(F)C=C(C(F)(F)F)C(F)(F)Cl. The molecule has 0 heterocycles. The topological polar surface area (TPSA) is 0 Å². The number of allylic oxidation sites excluding steroid dienone is 2. The first kappa shape index (κ1) is 13.5. The first-order valence-electron chi connectivity index (χ1n) is 2.78. The monoisotopic (exact) mass is 248 g/mol. The fourth-order valence-electron chi connectivity index (χ4n) is 0.488. The molecule has 0 atom stereocenters. The summed E-state index contributed by atoms with van der Waals surface area (Å²) in [6, 6.07) is 0. The van der Waals surface area contributed by atoms with Gasteiger partial charge < -0.3 is 0 Å². The third kappa shape index (κ3) is 4.64. The van der Waals surface area contributed by atoms with Gasteiger partial charge >= 0.3 is 17.7 Å². The maximum Gasteiger partial charge on any atom is 0.419 e. The van der Waals surface area contributed by atoms with Crippen molar-refractivity contribution in [1.82, 2.24) is 0 Å². The first-order valence-corrected chi connectivity index (χ1v) is 3.16. The van der Waals surface area contributed by atoms with Gasteiger partial charge in [0.25, 0.3) is 0 Å². The zero-order chi connectivity index (χ0) is 11.8. The number of rotatable bonds is 1. The molecule has 0 aromatic carbocycles.